The van der Waals surface area contributed by atoms with Crippen molar-refractivity contribution < 1.29 is 9.84 Å². The summed E-state index contributed by atoms with van der Waals surface area (Å²) in [6, 6.07) is 19.9. The Balaban J connectivity index is 1.47. The van der Waals surface area contributed by atoms with Crippen LogP contribution in [-0.4, -0.2) is 42.4 Å². The predicted molar refractivity (Wildman–Crippen MR) is 114 cm³/mol. The number of nitriles is 1. The molecule has 1 N–H and O–H groups in total. The molecular weight excluding hydrogens is 360 g/mol. The van der Waals surface area contributed by atoms with E-state index in [1.807, 2.05) is 0 Å². The van der Waals surface area contributed by atoms with Crippen molar-refractivity contribution >= 4 is 0 Å². The minimum absolute atomic E-state index is 0.132. The zero-order valence-electron chi connectivity index (χ0n) is 17.0. The Morgan fingerprint density at radius 3 is 2.62 bits per heavy atom. The van der Waals surface area contributed by atoms with Crippen LogP contribution in [0.3, 0.4) is 0 Å². The van der Waals surface area contributed by atoms with Crippen LogP contribution in [0.5, 0.6) is 0 Å². The molecule has 0 radical (unpaired) electrons. The van der Waals surface area contributed by atoms with Crippen molar-refractivity contribution in [3.8, 4) is 17.2 Å². The van der Waals surface area contributed by atoms with Gasteiger partial charge in [-0.2, -0.15) is 5.26 Å². The van der Waals surface area contributed by atoms with Gasteiger partial charge in [0.1, 0.15) is 0 Å². The molecule has 1 unspecified atom stereocenters. The molecule has 0 spiro atoms. The Morgan fingerprint density at radius 1 is 1.10 bits per heavy atom. The summed E-state index contributed by atoms with van der Waals surface area (Å²) < 4.78 is 5.73. The summed E-state index contributed by atoms with van der Waals surface area (Å²) in [5, 5.41) is 18.9. The van der Waals surface area contributed by atoms with Gasteiger partial charge in [0, 0.05) is 26.2 Å². The first-order valence-corrected chi connectivity index (χ1v) is 10.8. The molecule has 0 bridgehead atoms. The SMILES string of the molecule is N#CC1(c2ccc(-c3cccc(CN4CCOC(CCO)C4)c3)cc2)CCCC1. The number of hydrogen-bond acceptors (Lipinski definition) is 4. The van der Waals surface area contributed by atoms with E-state index in [9.17, 15) is 5.26 Å². The number of morpholine rings is 1. The van der Waals surface area contributed by atoms with Crippen LogP contribution in [0.2, 0.25) is 0 Å². The second-order valence-corrected chi connectivity index (χ2v) is 8.42. The fraction of sp³-hybridized carbons (Fsp3) is 0.480. The molecule has 1 saturated carbocycles. The molecule has 2 aromatic carbocycles. The van der Waals surface area contributed by atoms with Crippen LogP contribution in [0.1, 0.15) is 43.2 Å². The van der Waals surface area contributed by atoms with Crippen molar-refractivity contribution in [2.45, 2.75) is 50.2 Å². The van der Waals surface area contributed by atoms with Crippen LogP contribution >= 0.6 is 0 Å². The summed E-state index contributed by atoms with van der Waals surface area (Å²) in [7, 11) is 0. The lowest BCUT2D eigenvalue weighted by Gasteiger charge is -2.32. The Kier molecular flexibility index (Phi) is 6.30. The van der Waals surface area contributed by atoms with E-state index < -0.39 is 0 Å². The van der Waals surface area contributed by atoms with E-state index in [0.717, 1.165) is 51.9 Å². The van der Waals surface area contributed by atoms with Gasteiger partial charge in [-0.05, 0) is 47.6 Å². The molecule has 0 amide bonds. The smallest absolute Gasteiger partial charge is 0.0822 e. The van der Waals surface area contributed by atoms with E-state index in [1.165, 1.54) is 22.3 Å². The first kappa shape index (κ1) is 20.1. The van der Waals surface area contributed by atoms with Crippen molar-refractivity contribution in [2.75, 3.05) is 26.3 Å². The third-order valence-electron chi connectivity index (χ3n) is 6.45. The highest BCUT2D eigenvalue weighted by atomic mass is 16.5. The van der Waals surface area contributed by atoms with Crippen LogP contribution in [0.4, 0.5) is 0 Å². The first-order valence-electron chi connectivity index (χ1n) is 10.8. The first-order chi connectivity index (χ1) is 14.2. The quantitative estimate of drug-likeness (QED) is 0.800. The van der Waals surface area contributed by atoms with E-state index in [-0.39, 0.29) is 18.1 Å². The van der Waals surface area contributed by atoms with Crippen molar-refractivity contribution in [1.82, 2.24) is 4.90 Å². The van der Waals surface area contributed by atoms with Crippen LogP contribution in [0.15, 0.2) is 48.5 Å². The molecule has 152 valence electrons. The normalized spacial score (nSPS) is 21.7. The topological polar surface area (TPSA) is 56.5 Å². The standard InChI is InChI=1S/C25H30N2O2/c26-19-25(11-1-2-12-25)23-8-6-21(7-9-23)22-5-3-4-20(16-22)17-27-13-15-29-24(18-27)10-14-28/h3-9,16,24,28H,1-2,10-15,17-18H2. The lowest BCUT2D eigenvalue weighted by molar-refractivity contribution is -0.0407. The predicted octanol–water partition coefficient (Wildman–Crippen LogP) is 4.27. The average molecular weight is 391 g/mol. The van der Waals surface area contributed by atoms with Gasteiger partial charge >= 0.3 is 0 Å². The van der Waals surface area contributed by atoms with Gasteiger partial charge in [0.25, 0.3) is 0 Å². The lowest BCUT2D eigenvalue weighted by atomic mass is 9.80. The van der Waals surface area contributed by atoms with Crippen molar-refractivity contribution in [1.29, 1.82) is 5.26 Å². The number of ether oxygens (including phenoxy) is 1. The van der Waals surface area contributed by atoms with Gasteiger partial charge in [0.15, 0.2) is 0 Å². The summed E-state index contributed by atoms with van der Waals surface area (Å²) in [5.41, 5.74) is 4.59. The maximum atomic E-state index is 9.72. The Bertz CT molecular complexity index is 848. The van der Waals surface area contributed by atoms with Gasteiger partial charge in [0.05, 0.1) is 24.2 Å². The van der Waals surface area contributed by atoms with Crippen LogP contribution < -0.4 is 0 Å². The largest absolute Gasteiger partial charge is 0.396 e. The van der Waals surface area contributed by atoms with E-state index in [0.29, 0.717) is 6.42 Å². The number of nitrogens with zero attached hydrogens (tertiary/aromatic N) is 2. The summed E-state index contributed by atoms with van der Waals surface area (Å²) in [6.45, 7) is 3.60. The van der Waals surface area contributed by atoms with Crippen molar-refractivity contribution in [3.63, 3.8) is 0 Å². The van der Waals surface area contributed by atoms with Crippen LogP contribution in [0.25, 0.3) is 11.1 Å². The number of hydrogen-bond donors (Lipinski definition) is 1. The summed E-state index contributed by atoms with van der Waals surface area (Å²) in [5.74, 6) is 0. The lowest BCUT2D eigenvalue weighted by Crippen LogP contribution is -2.42. The molecule has 1 saturated heterocycles. The monoisotopic (exact) mass is 390 g/mol. The summed E-state index contributed by atoms with van der Waals surface area (Å²) in [6.07, 6.45) is 5.10. The number of aliphatic hydroxyl groups excluding tert-OH is 1. The van der Waals surface area contributed by atoms with Crippen molar-refractivity contribution in [3.05, 3.63) is 59.7 Å². The molecule has 4 nitrogen and oxygen atoms in total. The molecule has 0 aromatic heterocycles. The molecule has 4 rings (SSSR count). The highest BCUT2D eigenvalue weighted by molar-refractivity contribution is 5.65. The summed E-state index contributed by atoms with van der Waals surface area (Å²) in [4.78, 5) is 2.41. The molecule has 2 fully saturated rings. The van der Waals surface area contributed by atoms with E-state index >= 15 is 0 Å². The van der Waals surface area contributed by atoms with E-state index in [4.69, 9.17) is 9.84 Å². The third kappa shape index (κ3) is 4.53. The average Bonchev–Trinajstić information content (AvgIpc) is 3.25. The molecule has 2 aromatic rings. The Hall–Kier alpha value is -2.19. The molecule has 29 heavy (non-hydrogen) atoms. The number of aliphatic hydroxyl groups is 1. The van der Waals surface area contributed by atoms with E-state index in [2.05, 4.69) is 59.5 Å². The third-order valence-corrected chi connectivity index (χ3v) is 6.45. The van der Waals surface area contributed by atoms with Gasteiger partial charge in [-0.15, -0.1) is 0 Å². The maximum Gasteiger partial charge on any atom is 0.0822 e. The van der Waals surface area contributed by atoms with Gasteiger partial charge in [-0.1, -0.05) is 55.3 Å². The van der Waals surface area contributed by atoms with Gasteiger partial charge < -0.3 is 9.84 Å². The fourth-order valence-electron chi connectivity index (χ4n) is 4.78. The van der Waals surface area contributed by atoms with Crippen molar-refractivity contribution in [2.24, 2.45) is 0 Å². The zero-order chi connectivity index (χ0) is 20.1. The molecule has 1 aliphatic carbocycles. The second-order valence-electron chi connectivity index (χ2n) is 8.42. The number of benzene rings is 2. The minimum atomic E-state index is -0.276. The Labute approximate surface area is 173 Å². The van der Waals surface area contributed by atoms with Gasteiger partial charge in [-0.25, -0.2) is 0 Å². The molecule has 2 aliphatic rings. The zero-order valence-corrected chi connectivity index (χ0v) is 17.0. The van der Waals surface area contributed by atoms with Crippen LogP contribution in [-0.2, 0) is 16.7 Å². The fourth-order valence-corrected chi connectivity index (χ4v) is 4.78. The molecular formula is C25H30N2O2. The maximum absolute atomic E-state index is 9.72. The van der Waals surface area contributed by atoms with Gasteiger partial charge in [-0.3, -0.25) is 4.90 Å². The minimum Gasteiger partial charge on any atom is -0.396 e. The molecule has 4 heteroatoms. The second kappa shape index (κ2) is 9.09. The molecule has 1 heterocycles. The summed E-state index contributed by atoms with van der Waals surface area (Å²) >= 11 is 0. The van der Waals surface area contributed by atoms with Crippen LogP contribution in [0, 0.1) is 11.3 Å². The van der Waals surface area contributed by atoms with E-state index in [1.54, 1.807) is 0 Å². The highest BCUT2D eigenvalue weighted by Gasteiger charge is 2.35. The molecule has 1 atom stereocenters. The Morgan fingerprint density at radius 2 is 1.90 bits per heavy atom. The number of rotatable bonds is 6. The highest BCUT2D eigenvalue weighted by Crippen LogP contribution is 2.41. The van der Waals surface area contributed by atoms with Gasteiger partial charge in [0.2, 0.25) is 0 Å². The molecule has 1 aliphatic heterocycles.